The topological polar surface area (TPSA) is 63.6 Å². The quantitative estimate of drug-likeness (QED) is 0.569. The molecular weight excluding hydrogens is 216 g/mol. The van der Waals surface area contributed by atoms with Crippen molar-refractivity contribution in [3.63, 3.8) is 0 Å². The molecule has 2 unspecified atom stereocenters. The van der Waals surface area contributed by atoms with Crippen molar-refractivity contribution in [2.45, 2.75) is 38.2 Å². The van der Waals surface area contributed by atoms with Crippen LogP contribution in [0.15, 0.2) is 0 Å². The van der Waals surface area contributed by atoms with E-state index in [1.165, 1.54) is 0 Å². The van der Waals surface area contributed by atoms with E-state index in [0.717, 1.165) is 12.8 Å². The Bertz CT molecular complexity index is 242. The second-order valence-corrected chi connectivity index (χ2v) is 4.23. The largest absolute Gasteiger partial charge is 0.481 e. The third-order valence-corrected chi connectivity index (χ3v) is 2.81. The van der Waals surface area contributed by atoms with Crippen LogP contribution in [0.1, 0.15) is 32.1 Å². The predicted octanol–water partition coefficient (Wildman–Crippen LogP) is 1.49. The van der Waals surface area contributed by atoms with Crippen molar-refractivity contribution >= 4 is 24.6 Å². The molecule has 0 amide bonds. The van der Waals surface area contributed by atoms with E-state index in [9.17, 15) is 9.59 Å². The Morgan fingerprint density at radius 1 is 1.40 bits per heavy atom. The summed E-state index contributed by atoms with van der Waals surface area (Å²) in [6.07, 6.45) is 2.81. The molecule has 0 radical (unpaired) electrons. The highest BCUT2D eigenvalue weighted by atomic mass is 32.1. The smallest absolute Gasteiger partial charge is 0.306 e. The fourth-order valence-electron chi connectivity index (χ4n) is 1.81. The number of rotatable bonds is 4. The van der Waals surface area contributed by atoms with E-state index in [-0.39, 0.29) is 24.4 Å². The number of esters is 1. The van der Waals surface area contributed by atoms with Gasteiger partial charge in [0.2, 0.25) is 0 Å². The minimum atomic E-state index is -0.787. The highest BCUT2D eigenvalue weighted by molar-refractivity contribution is 7.80. The van der Waals surface area contributed by atoms with E-state index in [1.807, 2.05) is 0 Å². The summed E-state index contributed by atoms with van der Waals surface area (Å²) in [6.45, 7) is 0. The van der Waals surface area contributed by atoms with Crippen molar-refractivity contribution in [1.29, 1.82) is 0 Å². The minimum Gasteiger partial charge on any atom is -0.481 e. The van der Waals surface area contributed by atoms with Crippen LogP contribution in [0.25, 0.3) is 0 Å². The average molecular weight is 232 g/mol. The van der Waals surface area contributed by atoms with Gasteiger partial charge in [0.1, 0.15) is 6.10 Å². The van der Waals surface area contributed by atoms with Gasteiger partial charge in [-0.25, -0.2) is 0 Å². The zero-order valence-electron chi connectivity index (χ0n) is 8.52. The van der Waals surface area contributed by atoms with Gasteiger partial charge in [0.15, 0.2) is 0 Å². The molecule has 0 aliphatic heterocycles. The van der Waals surface area contributed by atoms with E-state index < -0.39 is 5.97 Å². The van der Waals surface area contributed by atoms with Gasteiger partial charge >= 0.3 is 11.9 Å². The summed E-state index contributed by atoms with van der Waals surface area (Å²) < 4.78 is 5.16. The monoisotopic (exact) mass is 232 g/mol. The maximum Gasteiger partial charge on any atom is 0.306 e. The van der Waals surface area contributed by atoms with Gasteiger partial charge in [0.05, 0.1) is 12.3 Å². The number of carboxylic acids is 1. The maximum absolute atomic E-state index is 11.2. The normalized spacial score (nSPS) is 25.9. The van der Waals surface area contributed by atoms with Crippen LogP contribution in [0.5, 0.6) is 0 Å². The number of hydrogen-bond acceptors (Lipinski definition) is 4. The fraction of sp³-hybridized carbons (Fsp3) is 0.800. The molecule has 0 heterocycles. The molecule has 15 heavy (non-hydrogen) atoms. The third-order valence-electron chi connectivity index (χ3n) is 2.59. The molecule has 0 spiro atoms. The van der Waals surface area contributed by atoms with Gasteiger partial charge in [-0.3, -0.25) is 9.59 Å². The molecule has 1 saturated carbocycles. The van der Waals surface area contributed by atoms with E-state index in [4.69, 9.17) is 9.84 Å². The highest BCUT2D eigenvalue weighted by Gasteiger charge is 2.28. The Labute approximate surface area is 94.4 Å². The molecule has 0 aromatic rings. The van der Waals surface area contributed by atoms with Gasteiger partial charge in [0.25, 0.3) is 0 Å². The van der Waals surface area contributed by atoms with E-state index in [1.54, 1.807) is 0 Å². The lowest BCUT2D eigenvalue weighted by Crippen LogP contribution is -2.29. The molecule has 86 valence electrons. The predicted molar refractivity (Wildman–Crippen MR) is 57.9 cm³/mol. The summed E-state index contributed by atoms with van der Waals surface area (Å²) in [6, 6.07) is 0. The first-order valence-corrected chi connectivity index (χ1v) is 5.80. The molecule has 1 aliphatic carbocycles. The molecule has 5 heteroatoms. The van der Waals surface area contributed by atoms with Gasteiger partial charge in [0, 0.05) is 5.75 Å². The Hall–Kier alpha value is -0.710. The zero-order valence-corrected chi connectivity index (χ0v) is 9.41. The third kappa shape index (κ3) is 4.11. The maximum atomic E-state index is 11.2. The highest BCUT2D eigenvalue weighted by Crippen LogP contribution is 2.26. The van der Waals surface area contributed by atoms with E-state index in [0.29, 0.717) is 18.6 Å². The second-order valence-electron chi connectivity index (χ2n) is 3.79. The number of hydrogen-bond donors (Lipinski definition) is 2. The number of thiol groups is 1. The van der Waals surface area contributed by atoms with Gasteiger partial charge < -0.3 is 9.84 Å². The molecule has 1 fully saturated rings. The summed E-state index contributed by atoms with van der Waals surface area (Å²) in [5.41, 5.74) is 0. The zero-order chi connectivity index (χ0) is 11.3. The first kappa shape index (κ1) is 12.4. The standard InChI is InChI=1S/C10H16O4S/c11-9(4-5-15)14-8-3-1-2-7(6-8)10(12)13/h7-8,15H,1-6H2,(H,12,13). The van der Waals surface area contributed by atoms with Gasteiger partial charge in [-0.2, -0.15) is 12.6 Å². The Morgan fingerprint density at radius 2 is 2.13 bits per heavy atom. The summed E-state index contributed by atoms with van der Waals surface area (Å²) in [4.78, 5) is 21.9. The minimum absolute atomic E-state index is 0.216. The second kappa shape index (κ2) is 6.00. The molecule has 0 bridgehead atoms. The average Bonchev–Trinajstić information content (AvgIpc) is 2.18. The van der Waals surface area contributed by atoms with Crippen LogP contribution in [0.3, 0.4) is 0 Å². The van der Waals surface area contributed by atoms with Crippen LogP contribution in [-0.4, -0.2) is 28.9 Å². The van der Waals surface area contributed by atoms with Crippen LogP contribution >= 0.6 is 12.6 Å². The number of carbonyl (C=O) groups is 2. The lowest BCUT2D eigenvalue weighted by Gasteiger charge is -2.26. The molecular formula is C10H16O4S. The van der Waals surface area contributed by atoms with Crippen LogP contribution in [0.2, 0.25) is 0 Å². The molecule has 0 aromatic carbocycles. The first-order chi connectivity index (χ1) is 7.13. The summed E-state index contributed by atoms with van der Waals surface area (Å²) >= 11 is 3.93. The van der Waals surface area contributed by atoms with Crippen LogP contribution < -0.4 is 0 Å². The molecule has 1 N–H and O–H groups in total. The number of carbonyl (C=O) groups excluding carboxylic acids is 1. The Morgan fingerprint density at radius 3 is 2.73 bits per heavy atom. The van der Waals surface area contributed by atoms with E-state index in [2.05, 4.69) is 12.6 Å². The molecule has 1 rings (SSSR count). The first-order valence-electron chi connectivity index (χ1n) is 5.16. The Kier molecular flexibility index (Phi) is 4.94. The van der Waals surface area contributed by atoms with Crippen molar-refractivity contribution in [3.05, 3.63) is 0 Å². The molecule has 1 aliphatic rings. The molecule has 0 saturated heterocycles. The van der Waals surface area contributed by atoms with Crippen molar-refractivity contribution in [2.24, 2.45) is 5.92 Å². The molecule has 0 aromatic heterocycles. The summed E-state index contributed by atoms with van der Waals surface area (Å²) in [5, 5.41) is 8.84. The number of ether oxygens (including phenoxy) is 1. The SMILES string of the molecule is O=C(CCS)OC1CCCC(C(=O)O)C1. The van der Waals surface area contributed by atoms with Gasteiger partial charge in [-0.05, 0) is 25.7 Å². The van der Waals surface area contributed by atoms with Crippen molar-refractivity contribution in [2.75, 3.05) is 5.75 Å². The number of aliphatic carboxylic acids is 1. The lowest BCUT2D eigenvalue weighted by molar-refractivity contribution is -0.155. The fourth-order valence-corrected chi connectivity index (χ4v) is 1.99. The van der Waals surface area contributed by atoms with Gasteiger partial charge in [-0.1, -0.05) is 0 Å². The summed E-state index contributed by atoms with van der Waals surface area (Å²) in [5.74, 6) is -0.952. The Balaban J connectivity index is 2.36. The summed E-state index contributed by atoms with van der Waals surface area (Å²) in [7, 11) is 0. The van der Waals surface area contributed by atoms with Crippen molar-refractivity contribution in [3.8, 4) is 0 Å². The molecule has 2 atom stereocenters. The lowest BCUT2D eigenvalue weighted by atomic mass is 9.87. The number of carboxylic acid groups (broad SMARTS) is 1. The van der Waals surface area contributed by atoms with Crippen LogP contribution in [0.4, 0.5) is 0 Å². The van der Waals surface area contributed by atoms with E-state index >= 15 is 0 Å². The van der Waals surface area contributed by atoms with Gasteiger partial charge in [-0.15, -0.1) is 0 Å². The van der Waals surface area contributed by atoms with Crippen LogP contribution in [-0.2, 0) is 14.3 Å². The van der Waals surface area contributed by atoms with Crippen molar-refractivity contribution in [1.82, 2.24) is 0 Å². The van der Waals surface area contributed by atoms with Crippen molar-refractivity contribution < 1.29 is 19.4 Å². The van der Waals surface area contributed by atoms with Crippen LogP contribution in [0, 0.1) is 5.92 Å². The molecule has 4 nitrogen and oxygen atoms in total.